The number of anilines is 1. The Hall–Kier alpha value is -1.65. The van der Waals surface area contributed by atoms with Crippen LogP contribution in [0.5, 0.6) is 0 Å². The largest absolute Gasteiger partial charge is 0.481 e. The summed E-state index contributed by atoms with van der Waals surface area (Å²) in [4.78, 5) is 20.8. The summed E-state index contributed by atoms with van der Waals surface area (Å²) in [6, 6.07) is 2.19. The fourth-order valence-corrected chi connectivity index (χ4v) is 1.49. The zero-order valence-electron chi connectivity index (χ0n) is 8.33. The molecule has 15 heavy (non-hydrogen) atoms. The number of aromatic nitrogens is 2. The van der Waals surface area contributed by atoms with Crippen LogP contribution in [-0.4, -0.2) is 33.6 Å². The van der Waals surface area contributed by atoms with Gasteiger partial charge < -0.3 is 10.0 Å². The normalized spacial score (nSPS) is 14.9. The second-order valence-corrected chi connectivity index (χ2v) is 3.62. The highest BCUT2D eigenvalue weighted by atomic mass is 16.4. The molecule has 1 heterocycles. The van der Waals surface area contributed by atoms with Gasteiger partial charge in [-0.25, -0.2) is 9.97 Å². The van der Waals surface area contributed by atoms with Crippen LogP contribution in [0.1, 0.15) is 19.3 Å². The van der Waals surface area contributed by atoms with Gasteiger partial charge in [0.25, 0.3) is 0 Å². The van der Waals surface area contributed by atoms with Crippen LogP contribution in [0.25, 0.3) is 0 Å². The Morgan fingerprint density at radius 2 is 2.13 bits per heavy atom. The molecule has 1 aliphatic carbocycles. The van der Waals surface area contributed by atoms with Crippen molar-refractivity contribution in [2.75, 3.05) is 11.4 Å². The van der Waals surface area contributed by atoms with Gasteiger partial charge in [0.05, 0.1) is 6.42 Å². The first-order chi connectivity index (χ1) is 7.27. The zero-order chi connectivity index (χ0) is 10.7. The van der Waals surface area contributed by atoms with E-state index < -0.39 is 5.97 Å². The number of carboxylic acid groups (broad SMARTS) is 1. The Kier molecular flexibility index (Phi) is 2.80. The molecule has 0 spiro atoms. The van der Waals surface area contributed by atoms with Crippen LogP contribution in [0.2, 0.25) is 0 Å². The lowest BCUT2D eigenvalue weighted by molar-refractivity contribution is -0.136. The standard InChI is InChI=1S/C10H13N3O2/c14-9(15)4-7-13(8-2-3-8)10-11-5-1-6-12-10/h1,5-6,8H,2-4,7H2,(H,14,15). The van der Waals surface area contributed by atoms with Crippen molar-refractivity contribution in [2.45, 2.75) is 25.3 Å². The van der Waals surface area contributed by atoms with Crippen LogP contribution >= 0.6 is 0 Å². The molecule has 0 radical (unpaired) electrons. The minimum atomic E-state index is -0.781. The van der Waals surface area contributed by atoms with Crippen molar-refractivity contribution in [3.8, 4) is 0 Å². The van der Waals surface area contributed by atoms with Gasteiger partial charge in [0.2, 0.25) is 5.95 Å². The Bertz CT molecular complexity index is 338. The third-order valence-electron chi connectivity index (χ3n) is 2.36. The summed E-state index contributed by atoms with van der Waals surface area (Å²) in [6.45, 7) is 0.490. The predicted octanol–water partition coefficient (Wildman–Crippen LogP) is 0.920. The van der Waals surface area contributed by atoms with Gasteiger partial charge >= 0.3 is 5.97 Å². The van der Waals surface area contributed by atoms with Crippen LogP contribution in [-0.2, 0) is 4.79 Å². The van der Waals surface area contributed by atoms with Crippen molar-refractivity contribution in [1.82, 2.24) is 9.97 Å². The monoisotopic (exact) mass is 207 g/mol. The molecule has 0 aliphatic heterocycles. The van der Waals surface area contributed by atoms with Gasteiger partial charge in [0.15, 0.2) is 0 Å². The maximum Gasteiger partial charge on any atom is 0.305 e. The molecule has 0 amide bonds. The van der Waals surface area contributed by atoms with Crippen LogP contribution in [0.3, 0.4) is 0 Å². The second kappa shape index (κ2) is 4.25. The van der Waals surface area contributed by atoms with E-state index in [1.807, 2.05) is 4.90 Å². The van der Waals surface area contributed by atoms with Crippen molar-refractivity contribution >= 4 is 11.9 Å². The lowest BCUT2D eigenvalue weighted by Crippen LogP contribution is -2.29. The average molecular weight is 207 g/mol. The molecule has 1 saturated carbocycles. The van der Waals surface area contributed by atoms with Gasteiger partial charge in [0, 0.05) is 25.0 Å². The van der Waals surface area contributed by atoms with E-state index in [0.29, 0.717) is 18.5 Å². The highest BCUT2D eigenvalue weighted by molar-refractivity contribution is 5.67. The Morgan fingerprint density at radius 1 is 1.47 bits per heavy atom. The minimum Gasteiger partial charge on any atom is -0.481 e. The predicted molar refractivity (Wildman–Crippen MR) is 54.7 cm³/mol. The first-order valence-corrected chi connectivity index (χ1v) is 5.03. The molecule has 0 saturated heterocycles. The van der Waals surface area contributed by atoms with E-state index in [-0.39, 0.29) is 6.42 Å². The molecule has 5 heteroatoms. The van der Waals surface area contributed by atoms with Gasteiger partial charge in [-0.05, 0) is 18.9 Å². The van der Waals surface area contributed by atoms with Gasteiger partial charge in [-0.2, -0.15) is 0 Å². The molecule has 5 nitrogen and oxygen atoms in total. The molecule has 0 unspecified atom stereocenters. The molecule has 1 aromatic rings. The summed E-state index contributed by atoms with van der Waals surface area (Å²) >= 11 is 0. The summed E-state index contributed by atoms with van der Waals surface area (Å²) in [5, 5.41) is 8.64. The van der Waals surface area contributed by atoms with E-state index in [0.717, 1.165) is 12.8 Å². The first kappa shape index (κ1) is 9.89. The highest BCUT2D eigenvalue weighted by Gasteiger charge is 2.30. The SMILES string of the molecule is O=C(O)CCN(c1ncccn1)C1CC1. The van der Waals surface area contributed by atoms with Gasteiger partial charge in [-0.1, -0.05) is 0 Å². The quantitative estimate of drug-likeness (QED) is 0.777. The van der Waals surface area contributed by atoms with Crippen molar-refractivity contribution in [3.63, 3.8) is 0 Å². The van der Waals surface area contributed by atoms with E-state index in [2.05, 4.69) is 9.97 Å². The maximum atomic E-state index is 10.5. The molecule has 1 aromatic heterocycles. The van der Waals surface area contributed by atoms with E-state index >= 15 is 0 Å². The molecule has 1 aliphatic rings. The maximum absolute atomic E-state index is 10.5. The van der Waals surface area contributed by atoms with Crippen molar-refractivity contribution in [1.29, 1.82) is 0 Å². The second-order valence-electron chi connectivity index (χ2n) is 3.62. The van der Waals surface area contributed by atoms with Crippen molar-refractivity contribution in [2.24, 2.45) is 0 Å². The van der Waals surface area contributed by atoms with Gasteiger partial charge in [-0.3, -0.25) is 4.79 Å². The van der Waals surface area contributed by atoms with Crippen LogP contribution in [0.4, 0.5) is 5.95 Å². The third kappa shape index (κ3) is 2.65. The van der Waals surface area contributed by atoms with E-state index in [9.17, 15) is 4.79 Å². The number of hydrogen-bond donors (Lipinski definition) is 1. The molecule has 0 bridgehead atoms. The smallest absolute Gasteiger partial charge is 0.305 e. The van der Waals surface area contributed by atoms with Crippen LogP contribution < -0.4 is 4.90 Å². The molecule has 0 aromatic carbocycles. The van der Waals surface area contributed by atoms with E-state index in [1.54, 1.807) is 18.5 Å². The fourth-order valence-electron chi connectivity index (χ4n) is 1.49. The topological polar surface area (TPSA) is 66.3 Å². The van der Waals surface area contributed by atoms with E-state index in [1.165, 1.54) is 0 Å². The fraction of sp³-hybridized carbons (Fsp3) is 0.500. The summed E-state index contributed by atoms with van der Waals surface area (Å²) in [6.07, 6.45) is 5.71. The van der Waals surface area contributed by atoms with Gasteiger partial charge in [-0.15, -0.1) is 0 Å². The summed E-state index contributed by atoms with van der Waals surface area (Å²) in [5.74, 6) is -0.141. The first-order valence-electron chi connectivity index (χ1n) is 5.03. The van der Waals surface area contributed by atoms with Crippen molar-refractivity contribution in [3.05, 3.63) is 18.5 Å². The molecule has 80 valence electrons. The molecular weight excluding hydrogens is 194 g/mol. The Balaban J connectivity index is 2.03. The van der Waals surface area contributed by atoms with Gasteiger partial charge in [0.1, 0.15) is 0 Å². The Morgan fingerprint density at radius 3 is 2.67 bits per heavy atom. The lowest BCUT2D eigenvalue weighted by atomic mass is 10.4. The molecule has 0 atom stereocenters. The Labute approximate surface area is 87.8 Å². The average Bonchev–Trinajstić information content (AvgIpc) is 3.03. The summed E-state index contributed by atoms with van der Waals surface area (Å²) in [7, 11) is 0. The number of carboxylic acids is 1. The molecule has 2 rings (SSSR count). The van der Waals surface area contributed by atoms with E-state index in [4.69, 9.17) is 5.11 Å². The zero-order valence-corrected chi connectivity index (χ0v) is 8.33. The highest BCUT2D eigenvalue weighted by Crippen LogP contribution is 2.29. The summed E-state index contributed by atoms with van der Waals surface area (Å²) in [5.41, 5.74) is 0. The molecular formula is C10H13N3O2. The third-order valence-corrected chi connectivity index (χ3v) is 2.36. The molecule has 1 fully saturated rings. The number of hydrogen-bond acceptors (Lipinski definition) is 4. The van der Waals surface area contributed by atoms with Crippen LogP contribution in [0, 0.1) is 0 Å². The number of aliphatic carboxylic acids is 1. The van der Waals surface area contributed by atoms with Crippen LogP contribution in [0.15, 0.2) is 18.5 Å². The molecule has 1 N–H and O–H groups in total. The summed E-state index contributed by atoms with van der Waals surface area (Å²) < 4.78 is 0. The van der Waals surface area contributed by atoms with Crippen molar-refractivity contribution < 1.29 is 9.90 Å². The number of carbonyl (C=O) groups is 1. The number of nitrogens with zero attached hydrogens (tertiary/aromatic N) is 3. The number of rotatable bonds is 5. The lowest BCUT2D eigenvalue weighted by Gasteiger charge is -2.20. The minimum absolute atomic E-state index is 0.134.